The summed E-state index contributed by atoms with van der Waals surface area (Å²) >= 11 is 7.21. The molecule has 4 aromatic heterocycles. The van der Waals surface area contributed by atoms with E-state index in [0.29, 0.717) is 23.6 Å². The second kappa shape index (κ2) is 18.8. The van der Waals surface area contributed by atoms with Crippen LogP contribution in [0.4, 0.5) is 0 Å². The molecule has 7 heteroatoms. The van der Waals surface area contributed by atoms with Crippen molar-refractivity contribution in [3.05, 3.63) is 58.3 Å². The number of fused-ring (bicyclic) bond motifs is 8. The molecule has 1 unspecified atom stereocenters. The molecule has 6 aromatic rings. The van der Waals surface area contributed by atoms with Gasteiger partial charge in [0.25, 0.3) is 11.8 Å². The molecule has 1 aliphatic rings. The second-order valence-electron chi connectivity index (χ2n) is 15.5. The van der Waals surface area contributed by atoms with Crippen LogP contribution in [0.15, 0.2) is 47.2 Å². The first-order valence-corrected chi connectivity index (χ1v) is 24.2. The summed E-state index contributed by atoms with van der Waals surface area (Å²) in [6.45, 7) is 5.12. The molecule has 282 valence electrons. The number of carbonyl (C=O) groups excluding carboxylic acids is 2. The normalized spacial score (nSPS) is 13.9. The van der Waals surface area contributed by atoms with Crippen LogP contribution >= 0.6 is 45.3 Å². The SMILES string of the molecule is CCCCCCCCCCCCC(CCCCCCCCCC)CN1C(=O)c2cc3c(cc2C1=O)c1sc(-c2cc4sccc4s2)cc1c1ccsc13. The van der Waals surface area contributed by atoms with Crippen molar-refractivity contribution in [1.29, 1.82) is 0 Å². The molecular weight excluding hydrogens is 727 g/mol. The number of carbonyl (C=O) groups is 2. The number of thiophene rings is 4. The van der Waals surface area contributed by atoms with Gasteiger partial charge in [-0.1, -0.05) is 129 Å². The molecule has 7 rings (SSSR count). The van der Waals surface area contributed by atoms with Crippen LogP contribution in [-0.4, -0.2) is 23.3 Å². The van der Waals surface area contributed by atoms with E-state index in [-0.39, 0.29) is 11.8 Å². The molecule has 53 heavy (non-hydrogen) atoms. The van der Waals surface area contributed by atoms with Crippen molar-refractivity contribution < 1.29 is 9.59 Å². The lowest BCUT2D eigenvalue weighted by molar-refractivity contribution is 0.0621. The maximum Gasteiger partial charge on any atom is 0.261 e. The van der Waals surface area contributed by atoms with Crippen LogP contribution in [0, 0.1) is 5.92 Å². The van der Waals surface area contributed by atoms with E-state index in [1.807, 2.05) is 22.7 Å². The molecule has 2 amide bonds. The Morgan fingerprint density at radius 1 is 0.509 bits per heavy atom. The van der Waals surface area contributed by atoms with Crippen molar-refractivity contribution >= 4 is 97.5 Å². The molecule has 0 N–H and O–H groups in total. The minimum absolute atomic E-state index is 0.0915. The van der Waals surface area contributed by atoms with Crippen LogP contribution < -0.4 is 0 Å². The van der Waals surface area contributed by atoms with Gasteiger partial charge in [0, 0.05) is 56.6 Å². The Bertz CT molecular complexity index is 2100. The van der Waals surface area contributed by atoms with Gasteiger partial charge < -0.3 is 0 Å². The summed E-state index contributed by atoms with van der Waals surface area (Å²) in [4.78, 5) is 32.5. The van der Waals surface area contributed by atoms with Crippen molar-refractivity contribution in [2.24, 2.45) is 5.92 Å². The molecule has 0 saturated carbocycles. The van der Waals surface area contributed by atoms with Crippen molar-refractivity contribution in [3.8, 4) is 9.75 Å². The van der Waals surface area contributed by atoms with Crippen LogP contribution in [0.2, 0.25) is 0 Å². The Kier molecular flexibility index (Phi) is 13.8. The highest BCUT2D eigenvalue weighted by Crippen LogP contribution is 2.48. The molecule has 0 saturated heterocycles. The van der Waals surface area contributed by atoms with Gasteiger partial charge in [-0.25, -0.2) is 0 Å². The fourth-order valence-corrected chi connectivity index (χ4v) is 12.8. The smallest absolute Gasteiger partial charge is 0.261 e. The average molecular weight is 784 g/mol. The minimum atomic E-state index is -0.0920. The highest BCUT2D eigenvalue weighted by Gasteiger charge is 2.37. The summed E-state index contributed by atoms with van der Waals surface area (Å²) in [5.74, 6) is 0.188. The molecule has 0 spiro atoms. The third-order valence-corrected chi connectivity index (χ3v) is 15.9. The fraction of sp³-hybridized carbons (Fsp3) is 0.522. The van der Waals surface area contributed by atoms with E-state index in [1.165, 1.54) is 155 Å². The van der Waals surface area contributed by atoms with Crippen LogP contribution in [-0.2, 0) is 0 Å². The van der Waals surface area contributed by atoms with Crippen molar-refractivity contribution in [2.75, 3.05) is 6.54 Å². The molecule has 0 fully saturated rings. The van der Waals surface area contributed by atoms with E-state index in [1.54, 1.807) is 27.6 Å². The van der Waals surface area contributed by atoms with Crippen molar-refractivity contribution in [1.82, 2.24) is 4.90 Å². The van der Waals surface area contributed by atoms with Gasteiger partial charge in [0.2, 0.25) is 0 Å². The monoisotopic (exact) mass is 783 g/mol. The van der Waals surface area contributed by atoms with Gasteiger partial charge in [-0.2, -0.15) is 0 Å². The first-order valence-electron chi connectivity index (χ1n) is 20.8. The third-order valence-electron chi connectivity index (χ3n) is 11.5. The molecule has 3 nitrogen and oxygen atoms in total. The van der Waals surface area contributed by atoms with Gasteiger partial charge in [-0.05, 0) is 65.9 Å². The fourth-order valence-electron chi connectivity index (χ4n) is 8.48. The van der Waals surface area contributed by atoms with Crippen LogP contribution in [0.1, 0.15) is 163 Å². The standard InChI is InChI=1S/C46H57NO2S4/c1-3-5-7-9-11-13-14-16-18-20-22-32(21-19-17-15-12-10-8-6-4-2)31-47-45(48)37-27-34-35(28-38(37)46(47)49)44-36(33-23-25-51-43(33)34)29-41(53-44)42-30-40-39(52-42)24-26-50-40/h23-30,32H,3-22,31H2,1-2H3. The summed E-state index contributed by atoms with van der Waals surface area (Å²) in [6.07, 6.45) is 25.9. The second-order valence-corrected chi connectivity index (χ2v) is 19.5. The lowest BCUT2D eigenvalue weighted by Gasteiger charge is -2.23. The average Bonchev–Trinajstić information content (AvgIpc) is 4.00. The Labute approximate surface area is 332 Å². The lowest BCUT2D eigenvalue weighted by Crippen LogP contribution is -2.34. The van der Waals surface area contributed by atoms with E-state index < -0.39 is 0 Å². The Balaban J connectivity index is 1.06. The summed E-state index contributed by atoms with van der Waals surface area (Å²) in [6, 6.07) is 13.2. The van der Waals surface area contributed by atoms with E-state index in [9.17, 15) is 9.59 Å². The predicted molar refractivity (Wildman–Crippen MR) is 236 cm³/mol. The molecular formula is C46H57NO2S4. The molecule has 5 heterocycles. The van der Waals surface area contributed by atoms with Crippen LogP contribution in [0.5, 0.6) is 0 Å². The molecule has 1 atom stereocenters. The zero-order valence-corrected chi connectivity index (χ0v) is 35.2. The predicted octanol–water partition coefficient (Wildman–Crippen LogP) is 16.3. The molecule has 2 aromatic carbocycles. The number of nitrogens with zero attached hydrogens (tertiary/aromatic N) is 1. The van der Waals surface area contributed by atoms with E-state index in [4.69, 9.17) is 0 Å². The summed E-state index contributed by atoms with van der Waals surface area (Å²) in [5, 5.41) is 9.03. The Morgan fingerprint density at radius 3 is 1.60 bits per heavy atom. The summed E-state index contributed by atoms with van der Waals surface area (Å²) in [7, 11) is 0. The number of unbranched alkanes of at least 4 members (excludes halogenated alkanes) is 16. The van der Waals surface area contributed by atoms with Gasteiger partial charge in [0.15, 0.2) is 0 Å². The van der Waals surface area contributed by atoms with Gasteiger partial charge in [-0.3, -0.25) is 14.5 Å². The first kappa shape index (κ1) is 38.7. The van der Waals surface area contributed by atoms with Crippen LogP contribution in [0.25, 0.3) is 50.1 Å². The van der Waals surface area contributed by atoms with Gasteiger partial charge in [-0.15, -0.1) is 45.3 Å². The number of imide groups is 1. The summed E-state index contributed by atoms with van der Waals surface area (Å²) in [5.41, 5.74) is 1.19. The maximum atomic E-state index is 14.2. The molecule has 0 bridgehead atoms. The number of hydrogen-bond acceptors (Lipinski definition) is 6. The Morgan fingerprint density at radius 2 is 1.02 bits per heavy atom. The number of benzene rings is 2. The van der Waals surface area contributed by atoms with E-state index in [2.05, 4.69) is 61.0 Å². The molecule has 0 radical (unpaired) electrons. The largest absolute Gasteiger partial charge is 0.274 e. The third kappa shape index (κ3) is 8.95. The van der Waals surface area contributed by atoms with Crippen LogP contribution in [0.3, 0.4) is 0 Å². The summed E-state index contributed by atoms with van der Waals surface area (Å²) < 4.78 is 5.10. The van der Waals surface area contributed by atoms with Crippen molar-refractivity contribution in [3.63, 3.8) is 0 Å². The van der Waals surface area contributed by atoms with Crippen molar-refractivity contribution in [2.45, 2.75) is 142 Å². The quantitative estimate of drug-likeness (QED) is 0.0479. The molecule has 0 aliphatic carbocycles. The number of amides is 2. The maximum absolute atomic E-state index is 14.2. The zero-order chi connectivity index (χ0) is 36.6. The Hall–Kier alpha value is -2.58. The van der Waals surface area contributed by atoms with Gasteiger partial charge >= 0.3 is 0 Å². The number of rotatable bonds is 23. The number of hydrogen-bond donors (Lipinski definition) is 0. The topological polar surface area (TPSA) is 37.4 Å². The van der Waals surface area contributed by atoms with E-state index >= 15 is 0 Å². The minimum Gasteiger partial charge on any atom is -0.274 e. The lowest BCUT2D eigenvalue weighted by atomic mass is 9.93. The van der Waals surface area contributed by atoms with Gasteiger partial charge in [0.05, 0.1) is 11.1 Å². The first-order chi connectivity index (χ1) is 26.1. The van der Waals surface area contributed by atoms with Gasteiger partial charge in [0.1, 0.15) is 0 Å². The van der Waals surface area contributed by atoms with E-state index in [0.717, 1.165) is 23.6 Å². The highest BCUT2D eigenvalue weighted by atomic mass is 32.1. The molecule has 1 aliphatic heterocycles. The highest BCUT2D eigenvalue weighted by molar-refractivity contribution is 7.32. The zero-order valence-electron chi connectivity index (χ0n) is 31.9.